The van der Waals surface area contributed by atoms with E-state index in [1.165, 1.54) is 24.4 Å². The van der Waals surface area contributed by atoms with Crippen molar-refractivity contribution in [2.75, 3.05) is 0 Å². The van der Waals surface area contributed by atoms with E-state index in [1.807, 2.05) is 42.5 Å². The maximum absolute atomic E-state index is 13.7. The van der Waals surface area contributed by atoms with Crippen LogP contribution in [0.2, 0.25) is 0 Å². The van der Waals surface area contributed by atoms with E-state index in [2.05, 4.69) is 10.5 Å². The van der Waals surface area contributed by atoms with Crippen molar-refractivity contribution in [1.82, 2.24) is 5.43 Å². The lowest BCUT2D eigenvalue weighted by Gasteiger charge is -2.14. The first-order valence-corrected chi connectivity index (χ1v) is 10.6. The fourth-order valence-electron chi connectivity index (χ4n) is 3.21. The molecule has 0 radical (unpaired) electrons. The van der Waals surface area contributed by atoms with Gasteiger partial charge in [0.15, 0.2) is 6.10 Å². The molecule has 0 aromatic heterocycles. The summed E-state index contributed by atoms with van der Waals surface area (Å²) in [6.07, 6.45) is 0.688. The highest BCUT2D eigenvalue weighted by molar-refractivity contribution is 5.91. The normalized spacial score (nSPS) is 11.8. The van der Waals surface area contributed by atoms with Gasteiger partial charge in [-0.25, -0.2) is 14.6 Å². The first-order valence-electron chi connectivity index (χ1n) is 10.6. The van der Waals surface area contributed by atoms with Gasteiger partial charge in [0.2, 0.25) is 0 Å². The Morgan fingerprint density at radius 2 is 1.62 bits per heavy atom. The second-order valence-electron chi connectivity index (χ2n) is 7.41. The van der Waals surface area contributed by atoms with Gasteiger partial charge >= 0.3 is 5.97 Å². The number of rotatable bonds is 7. The quantitative estimate of drug-likeness (QED) is 0.181. The molecule has 0 saturated carbocycles. The topological polar surface area (TPSA) is 77.0 Å². The van der Waals surface area contributed by atoms with Crippen molar-refractivity contribution < 1.29 is 23.5 Å². The Bertz CT molecular complexity index is 1350. The fourth-order valence-corrected chi connectivity index (χ4v) is 3.21. The van der Waals surface area contributed by atoms with Crippen LogP contribution in [0, 0.1) is 5.82 Å². The molecule has 1 N–H and O–H groups in total. The van der Waals surface area contributed by atoms with Gasteiger partial charge in [0.1, 0.15) is 17.3 Å². The maximum atomic E-state index is 13.7. The molecule has 34 heavy (non-hydrogen) atoms. The second-order valence-corrected chi connectivity index (χ2v) is 7.41. The number of hydrazone groups is 1. The molecule has 0 aliphatic carbocycles. The molecule has 0 aliphatic rings. The predicted octanol–water partition coefficient (Wildman–Crippen LogP) is 5.12. The Labute approximate surface area is 195 Å². The zero-order chi connectivity index (χ0) is 23.9. The van der Waals surface area contributed by atoms with Crippen molar-refractivity contribution in [1.29, 1.82) is 0 Å². The van der Waals surface area contributed by atoms with Crippen molar-refractivity contribution in [2.24, 2.45) is 5.10 Å². The zero-order valence-electron chi connectivity index (χ0n) is 18.3. The molecule has 0 spiro atoms. The number of ether oxygens (including phenoxy) is 2. The third-order valence-electron chi connectivity index (χ3n) is 5.00. The average Bonchev–Trinajstić information content (AvgIpc) is 2.85. The summed E-state index contributed by atoms with van der Waals surface area (Å²) >= 11 is 0. The standard InChI is InChI=1S/C27H21FN2O4/c1-18(33-25-12-6-8-20-7-2-3-9-22(20)25)26(31)30-29-17-19-13-15-21(16-14-19)34-27(32)23-10-4-5-11-24(23)28/h2-18H,1H3,(H,30,31). The lowest BCUT2D eigenvalue weighted by molar-refractivity contribution is -0.127. The van der Waals surface area contributed by atoms with Crippen LogP contribution < -0.4 is 14.9 Å². The minimum absolute atomic E-state index is 0.143. The van der Waals surface area contributed by atoms with E-state index in [0.717, 1.165) is 10.8 Å². The van der Waals surface area contributed by atoms with Crippen LogP contribution in [0.15, 0.2) is 96.1 Å². The predicted molar refractivity (Wildman–Crippen MR) is 128 cm³/mol. The molecule has 170 valence electrons. The van der Waals surface area contributed by atoms with E-state index >= 15 is 0 Å². The maximum Gasteiger partial charge on any atom is 0.346 e. The number of hydrogen-bond acceptors (Lipinski definition) is 5. The smallest absolute Gasteiger partial charge is 0.346 e. The number of esters is 1. The lowest BCUT2D eigenvalue weighted by Crippen LogP contribution is -2.33. The van der Waals surface area contributed by atoms with E-state index < -0.39 is 23.8 Å². The molecular formula is C27H21FN2O4. The molecule has 1 unspecified atom stereocenters. The molecule has 0 bridgehead atoms. The molecule has 1 amide bonds. The number of halogens is 1. The number of fused-ring (bicyclic) bond motifs is 1. The number of hydrogen-bond donors (Lipinski definition) is 1. The van der Waals surface area contributed by atoms with Crippen LogP contribution in [0.3, 0.4) is 0 Å². The van der Waals surface area contributed by atoms with E-state index in [1.54, 1.807) is 37.3 Å². The molecule has 6 nitrogen and oxygen atoms in total. The molecular weight excluding hydrogens is 435 g/mol. The molecule has 0 saturated heterocycles. The van der Waals surface area contributed by atoms with Gasteiger partial charge in [-0.05, 0) is 60.3 Å². The minimum Gasteiger partial charge on any atom is -0.480 e. The third kappa shape index (κ3) is 5.45. The molecule has 7 heteroatoms. The number of nitrogens with zero attached hydrogens (tertiary/aromatic N) is 1. The van der Waals surface area contributed by atoms with Crippen molar-refractivity contribution in [3.05, 3.63) is 108 Å². The Hall–Kier alpha value is -4.52. The van der Waals surface area contributed by atoms with Crippen LogP contribution in [0.1, 0.15) is 22.8 Å². The van der Waals surface area contributed by atoms with Gasteiger partial charge in [-0.3, -0.25) is 4.79 Å². The molecule has 0 heterocycles. The van der Waals surface area contributed by atoms with Crippen LogP contribution >= 0.6 is 0 Å². The zero-order valence-corrected chi connectivity index (χ0v) is 18.3. The van der Waals surface area contributed by atoms with E-state index in [4.69, 9.17) is 9.47 Å². The average molecular weight is 456 g/mol. The Kier molecular flexibility index (Phi) is 6.93. The Morgan fingerprint density at radius 1 is 0.912 bits per heavy atom. The van der Waals surface area contributed by atoms with Gasteiger partial charge in [-0.2, -0.15) is 5.10 Å². The largest absolute Gasteiger partial charge is 0.480 e. The van der Waals surface area contributed by atoms with Crippen LogP contribution in [0.5, 0.6) is 11.5 Å². The highest BCUT2D eigenvalue weighted by Gasteiger charge is 2.15. The van der Waals surface area contributed by atoms with Gasteiger partial charge in [0, 0.05) is 5.39 Å². The summed E-state index contributed by atoms with van der Waals surface area (Å²) in [5.74, 6) is -0.964. The van der Waals surface area contributed by atoms with Gasteiger partial charge < -0.3 is 9.47 Å². The Balaban J connectivity index is 1.31. The monoisotopic (exact) mass is 456 g/mol. The van der Waals surface area contributed by atoms with E-state index in [-0.39, 0.29) is 11.3 Å². The van der Waals surface area contributed by atoms with Crippen LogP contribution in [0.4, 0.5) is 4.39 Å². The second kappa shape index (κ2) is 10.4. The van der Waals surface area contributed by atoms with Crippen molar-refractivity contribution in [3.63, 3.8) is 0 Å². The summed E-state index contributed by atoms with van der Waals surface area (Å²) in [5.41, 5.74) is 2.97. The van der Waals surface area contributed by atoms with E-state index in [9.17, 15) is 14.0 Å². The Morgan fingerprint density at radius 3 is 2.41 bits per heavy atom. The highest BCUT2D eigenvalue weighted by atomic mass is 19.1. The minimum atomic E-state index is -0.785. The molecule has 0 aliphatic heterocycles. The molecule has 4 rings (SSSR count). The number of carbonyl (C=O) groups is 2. The molecule has 4 aromatic carbocycles. The summed E-state index contributed by atoms with van der Waals surface area (Å²) in [4.78, 5) is 24.5. The first-order chi connectivity index (χ1) is 16.5. The van der Waals surface area contributed by atoms with Crippen molar-refractivity contribution in [2.45, 2.75) is 13.0 Å². The number of amides is 1. The summed E-state index contributed by atoms with van der Waals surface area (Å²) < 4.78 is 24.7. The van der Waals surface area contributed by atoms with Crippen LogP contribution in [-0.4, -0.2) is 24.2 Å². The summed E-state index contributed by atoms with van der Waals surface area (Å²) in [5, 5.41) is 5.90. The van der Waals surface area contributed by atoms with Crippen molar-refractivity contribution in [3.8, 4) is 11.5 Å². The fraction of sp³-hybridized carbons (Fsp3) is 0.0741. The summed E-state index contributed by atoms with van der Waals surface area (Å²) in [6.45, 7) is 1.64. The summed E-state index contributed by atoms with van der Waals surface area (Å²) in [6, 6.07) is 25.4. The van der Waals surface area contributed by atoms with Gasteiger partial charge in [0.05, 0.1) is 11.8 Å². The van der Waals surface area contributed by atoms with Crippen LogP contribution in [-0.2, 0) is 4.79 Å². The lowest BCUT2D eigenvalue weighted by atomic mass is 10.1. The first kappa shape index (κ1) is 22.7. The third-order valence-corrected chi connectivity index (χ3v) is 5.00. The SMILES string of the molecule is CC(Oc1cccc2ccccc12)C(=O)NN=Cc1ccc(OC(=O)c2ccccc2F)cc1. The molecule has 4 aromatic rings. The molecule has 0 fully saturated rings. The highest BCUT2D eigenvalue weighted by Crippen LogP contribution is 2.26. The van der Waals surface area contributed by atoms with Gasteiger partial charge in [-0.1, -0.05) is 48.5 Å². The van der Waals surface area contributed by atoms with E-state index in [0.29, 0.717) is 11.3 Å². The number of benzene rings is 4. The number of nitrogens with one attached hydrogen (secondary N) is 1. The van der Waals surface area contributed by atoms with Crippen molar-refractivity contribution >= 4 is 28.9 Å². The number of carbonyl (C=O) groups excluding carboxylic acids is 2. The van der Waals surface area contributed by atoms with Crippen LogP contribution in [0.25, 0.3) is 10.8 Å². The summed E-state index contributed by atoms with van der Waals surface area (Å²) in [7, 11) is 0. The molecule has 1 atom stereocenters. The van der Waals surface area contributed by atoms with Gasteiger partial charge in [0.25, 0.3) is 5.91 Å². The van der Waals surface area contributed by atoms with Gasteiger partial charge in [-0.15, -0.1) is 0 Å².